The molecule has 2 aromatic heterocycles. The number of aromatic nitrogens is 2. The van der Waals surface area contributed by atoms with Gasteiger partial charge in [-0.3, -0.25) is 14.2 Å². The Morgan fingerprint density at radius 2 is 2.19 bits per heavy atom. The molecule has 138 valence electrons. The van der Waals surface area contributed by atoms with Crippen LogP contribution in [0.5, 0.6) is 0 Å². The molecule has 0 N–H and O–H groups in total. The molecule has 2 atom stereocenters. The molecule has 2 aliphatic rings. The molecule has 1 aliphatic heterocycles. The maximum Gasteiger partial charge on any atom is 0.347 e. The van der Waals surface area contributed by atoms with Crippen molar-refractivity contribution in [3.63, 3.8) is 0 Å². The Morgan fingerprint density at radius 1 is 1.38 bits per heavy atom. The van der Waals surface area contributed by atoms with Gasteiger partial charge in [-0.15, -0.1) is 11.3 Å². The maximum absolute atomic E-state index is 12.8. The second kappa shape index (κ2) is 6.83. The van der Waals surface area contributed by atoms with Gasteiger partial charge >= 0.3 is 11.9 Å². The summed E-state index contributed by atoms with van der Waals surface area (Å²) in [4.78, 5) is 42.8. The standard InChI is InChI=1S/C18H20N2O5S/c1-10-8-12(18(23)24-10)25-14(21)6-7-20-9-19-16-15(17(20)22)11-4-2-3-5-13(11)26-16/h9-10,12H,2-8H2,1H3/t10-,12-/m0/s1. The van der Waals surface area contributed by atoms with Crippen LogP contribution in [0.25, 0.3) is 10.2 Å². The molecule has 0 radical (unpaired) electrons. The van der Waals surface area contributed by atoms with E-state index >= 15 is 0 Å². The topological polar surface area (TPSA) is 87.5 Å². The Hall–Kier alpha value is -2.22. The van der Waals surface area contributed by atoms with E-state index in [1.807, 2.05) is 0 Å². The predicted octanol–water partition coefficient (Wildman–Crippen LogP) is 1.97. The van der Waals surface area contributed by atoms with Crippen LogP contribution < -0.4 is 5.56 Å². The zero-order valence-corrected chi connectivity index (χ0v) is 15.3. The lowest BCUT2D eigenvalue weighted by molar-refractivity contribution is -0.161. The van der Waals surface area contributed by atoms with E-state index in [0.29, 0.717) is 11.8 Å². The Labute approximate surface area is 153 Å². The minimum Gasteiger partial charge on any atom is -0.460 e. The van der Waals surface area contributed by atoms with E-state index < -0.39 is 18.0 Å². The van der Waals surface area contributed by atoms with Gasteiger partial charge in [0.2, 0.25) is 6.10 Å². The number of esters is 2. The molecule has 7 nitrogen and oxygen atoms in total. The first-order valence-corrected chi connectivity index (χ1v) is 9.74. The number of carbonyl (C=O) groups excluding carboxylic acids is 2. The average Bonchev–Trinajstić information content (AvgIpc) is 3.14. The quantitative estimate of drug-likeness (QED) is 0.758. The van der Waals surface area contributed by atoms with Gasteiger partial charge in [0, 0.05) is 17.8 Å². The lowest BCUT2D eigenvalue weighted by atomic mass is 9.97. The summed E-state index contributed by atoms with van der Waals surface area (Å²) in [5.74, 6) is -1.02. The first kappa shape index (κ1) is 17.2. The fourth-order valence-corrected chi connectivity index (χ4v) is 4.81. The van der Waals surface area contributed by atoms with Gasteiger partial charge in [-0.25, -0.2) is 9.78 Å². The monoisotopic (exact) mass is 376 g/mol. The second-order valence-electron chi connectivity index (χ2n) is 6.85. The number of aryl methyl sites for hydroxylation is 3. The van der Waals surface area contributed by atoms with Crippen molar-refractivity contribution in [2.45, 2.75) is 64.2 Å². The highest BCUT2D eigenvalue weighted by Crippen LogP contribution is 2.33. The van der Waals surface area contributed by atoms with Crippen molar-refractivity contribution < 1.29 is 19.1 Å². The number of thiophene rings is 1. The molecule has 1 saturated heterocycles. The van der Waals surface area contributed by atoms with Gasteiger partial charge in [-0.05, 0) is 38.2 Å². The fraction of sp³-hybridized carbons (Fsp3) is 0.556. The van der Waals surface area contributed by atoms with E-state index in [1.54, 1.807) is 18.3 Å². The number of carbonyl (C=O) groups is 2. The van der Waals surface area contributed by atoms with Crippen LogP contribution in [0.3, 0.4) is 0 Å². The molecule has 4 rings (SSSR count). The van der Waals surface area contributed by atoms with E-state index in [9.17, 15) is 14.4 Å². The zero-order chi connectivity index (χ0) is 18.3. The molecule has 0 saturated carbocycles. The van der Waals surface area contributed by atoms with E-state index in [0.717, 1.165) is 36.1 Å². The molecule has 1 aliphatic carbocycles. The predicted molar refractivity (Wildman–Crippen MR) is 95.2 cm³/mol. The van der Waals surface area contributed by atoms with Crippen molar-refractivity contribution in [3.8, 4) is 0 Å². The normalized spacial score (nSPS) is 22.3. The van der Waals surface area contributed by atoms with Gasteiger partial charge < -0.3 is 9.47 Å². The summed E-state index contributed by atoms with van der Waals surface area (Å²) in [6.45, 7) is 1.94. The van der Waals surface area contributed by atoms with Crippen molar-refractivity contribution in [2.75, 3.05) is 0 Å². The molecule has 26 heavy (non-hydrogen) atoms. The summed E-state index contributed by atoms with van der Waals surface area (Å²) in [6.07, 6.45) is 4.98. The minimum absolute atomic E-state index is 0.0115. The van der Waals surface area contributed by atoms with Crippen molar-refractivity contribution >= 4 is 33.5 Å². The lowest BCUT2D eigenvalue weighted by Crippen LogP contribution is -2.26. The Bertz CT molecular complexity index is 932. The summed E-state index contributed by atoms with van der Waals surface area (Å²) >= 11 is 1.60. The number of hydrogen-bond donors (Lipinski definition) is 0. The van der Waals surface area contributed by atoms with E-state index in [-0.39, 0.29) is 24.6 Å². The molecule has 2 aromatic rings. The largest absolute Gasteiger partial charge is 0.460 e. The number of nitrogens with zero attached hydrogens (tertiary/aromatic N) is 2. The Morgan fingerprint density at radius 3 is 2.96 bits per heavy atom. The highest BCUT2D eigenvalue weighted by Gasteiger charge is 2.34. The molecule has 0 amide bonds. The van der Waals surface area contributed by atoms with Gasteiger partial charge in [0.1, 0.15) is 10.9 Å². The maximum atomic E-state index is 12.8. The number of rotatable bonds is 4. The molecule has 8 heteroatoms. The number of fused-ring (bicyclic) bond motifs is 3. The van der Waals surface area contributed by atoms with Crippen molar-refractivity contribution in [1.82, 2.24) is 9.55 Å². The molecule has 0 aromatic carbocycles. The van der Waals surface area contributed by atoms with Crippen LogP contribution in [0.4, 0.5) is 0 Å². The van der Waals surface area contributed by atoms with Crippen LogP contribution in [0.15, 0.2) is 11.1 Å². The van der Waals surface area contributed by atoms with Crippen molar-refractivity contribution in [2.24, 2.45) is 0 Å². The van der Waals surface area contributed by atoms with Gasteiger partial charge in [0.25, 0.3) is 5.56 Å². The first-order chi connectivity index (χ1) is 12.5. The number of cyclic esters (lactones) is 1. The van der Waals surface area contributed by atoms with Crippen LogP contribution in [0.1, 0.15) is 43.0 Å². The third-order valence-corrected chi connectivity index (χ3v) is 6.10. The highest BCUT2D eigenvalue weighted by molar-refractivity contribution is 7.18. The van der Waals surface area contributed by atoms with Gasteiger partial charge in [0.05, 0.1) is 18.1 Å². The van der Waals surface area contributed by atoms with Crippen LogP contribution in [0, 0.1) is 0 Å². The first-order valence-electron chi connectivity index (χ1n) is 8.92. The van der Waals surface area contributed by atoms with Crippen LogP contribution in [0.2, 0.25) is 0 Å². The number of ether oxygens (including phenoxy) is 2. The fourth-order valence-electron chi connectivity index (χ4n) is 3.59. The van der Waals surface area contributed by atoms with E-state index in [4.69, 9.17) is 9.47 Å². The van der Waals surface area contributed by atoms with Crippen LogP contribution in [-0.2, 0) is 38.4 Å². The van der Waals surface area contributed by atoms with Gasteiger partial charge in [-0.1, -0.05) is 0 Å². The van der Waals surface area contributed by atoms with E-state index in [1.165, 1.54) is 15.8 Å². The molecule has 0 unspecified atom stereocenters. The zero-order valence-electron chi connectivity index (χ0n) is 14.5. The molecule has 0 bridgehead atoms. The van der Waals surface area contributed by atoms with Crippen molar-refractivity contribution in [1.29, 1.82) is 0 Å². The summed E-state index contributed by atoms with van der Waals surface area (Å²) in [5, 5.41) is 0.703. The minimum atomic E-state index is -0.835. The van der Waals surface area contributed by atoms with Crippen molar-refractivity contribution in [3.05, 3.63) is 27.1 Å². The summed E-state index contributed by atoms with van der Waals surface area (Å²) in [5.41, 5.74) is 1.03. The smallest absolute Gasteiger partial charge is 0.347 e. The Balaban J connectivity index is 1.47. The lowest BCUT2D eigenvalue weighted by Gasteiger charge is -2.11. The molecule has 1 fully saturated rings. The molecule has 0 spiro atoms. The van der Waals surface area contributed by atoms with Crippen LogP contribution >= 0.6 is 11.3 Å². The molecule has 3 heterocycles. The molecular weight excluding hydrogens is 356 g/mol. The number of hydrogen-bond acceptors (Lipinski definition) is 7. The van der Waals surface area contributed by atoms with Gasteiger partial charge in [-0.2, -0.15) is 0 Å². The SMILES string of the molecule is C[C@H]1C[C@H](OC(=O)CCn2cnc3sc4c(c3c2=O)CCCC4)C(=O)O1. The van der Waals surface area contributed by atoms with Gasteiger partial charge in [0.15, 0.2) is 0 Å². The highest BCUT2D eigenvalue weighted by atomic mass is 32.1. The summed E-state index contributed by atoms with van der Waals surface area (Å²) in [6, 6.07) is 0. The average molecular weight is 376 g/mol. The Kier molecular flexibility index (Phi) is 4.52. The second-order valence-corrected chi connectivity index (χ2v) is 7.93. The molecular formula is C18H20N2O5S. The third-order valence-electron chi connectivity index (χ3n) is 4.90. The summed E-state index contributed by atoms with van der Waals surface area (Å²) in [7, 11) is 0. The summed E-state index contributed by atoms with van der Waals surface area (Å²) < 4.78 is 11.6. The third kappa shape index (κ3) is 3.13. The van der Waals surface area contributed by atoms with Crippen LogP contribution in [-0.4, -0.2) is 33.7 Å². The van der Waals surface area contributed by atoms with E-state index in [2.05, 4.69) is 4.98 Å².